The van der Waals surface area contributed by atoms with Crippen molar-refractivity contribution >= 4 is 40.9 Å². The number of nitrogens with zero attached hydrogens (tertiary/aromatic N) is 5. The molecule has 0 saturated heterocycles. The molecule has 0 fully saturated rings. The largest absolute Gasteiger partial charge is 0.508 e. The summed E-state index contributed by atoms with van der Waals surface area (Å²) in [4.78, 5) is 15.1. The number of urea groups is 1. The highest BCUT2D eigenvalue weighted by Gasteiger charge is 2.22. The molecule has 3 aromatic carbocycles. The SMILES string of the molecule is CC(C)(C)c1cc(NC(=O)NCc2ccccc2Sc2ccc3nnc(-c4ccccc4Cl)n3c2)n(-c2ccc(O)cc2)n1. The molecule has 0 spiro atoms. The highest BCUT2D eigenvalue weighted by Crippen LogP contribution is 2.33. The van der Waals surface area contributed by atoms with Gasteiger partial charge in [0.15, 0.2) is 11.5 Å². The number of benzene rings is 3. The summed E-state index contributed by atoms with van der Waals surface area (Å²) < 4.78 is 3.60. The maximum absolute atomic E-state index is 13.1. The maximum Gasteiger partial charge on any atom is 0.320 e. The van der Waals surface area contributed by atoms with Crippen LogP contribution in [0.1, 0.15) is 32.0 Å². The van der Waals surface area contributed by atoms with Crippen LogP contribution in [0.25, 0.3) is 22.7 Å². The van der Waals surface area contributed by atoms with E-state index < -0.39 is 0 Å². The second-order valence-electron chi connectivity index (χ2n) is 11.2. The van der Waals surface area contributed by atoms with Crippen molar-refractivity contribution in [1.29, 1.82) is 0 Å². The van der Waals surface area contributed by atoms with Crippen LogP contribution in [0.2, 0.25) is 5.02 Å². The van der Waals surface area contributed by atoms with Gasteiger partial charge in [-0.25, -0.2) is 9.48 Å². The zero-order valence-corrected chi connectivity index (χ0v) is 25.9. The molecule has 0 aliphatic rings. The maximum atomic E-state index is 13.1. The van der Waals surface area contributed by atoms with Crippen LogP contribution in [0, 0.1) is 0 Å². The lowest BCUT2D eigenvalue weighted by molar-refractivity contribution is 0.251. The molecule has 3 heterocycles. The van der Waals surface area contributed by atoms with E-state index in [1.165, 1.54) is 0 Å². The number of anilines is 1. The fourth-order valence-corrected chi connectivity index (χ4v) is 5.78. The second kappa shape index (κ2) is 12.1. The molecule has 0 unspecified atom stereocenters. The van der Waals surface area contributed by atoms with E-state index in [4.69, 9.17) is 16.7 Å². The topological polar surface area (TPSA) is 109 Å². The van der Waals surface area contributed by atoms with Crippen molar-refractivity contribution in [3.63, 3.8) is 0 Å². The number of carbonyl (C=O) groups excluding carboxylic acids is 1. The number of aromatic nitrogens is 5. The van der Waals surface area contributed by atoms with E-state index in [0.29, 0.717) is 23.2 Å². The Kier molecular flexibility index (Phi) is 8.03. The number of pyridine rings is 1. The zero-order valence-electron chi connectivity index (χ0n) is 24.3. The van der Waals surface area contributed by atoms with Gasteiger partial charge in [0.1, 0.15) is 11.6 Å². The molecule has 2 amide bonds. The lowest BCUT2D eigenvalue weighted by Crippen LogP contribution is -2.29. The molecule has 0 bridgehead atoms. The average Bonchev–Trinajstić information content (AvgIpc) is 3.62. The number of amides is 2. The van der Waals surface area contributed by atoms with E-state index >= 15 is 0 Å². The number of aromatic hydroxyl groups is 1. The van der Waals surface area contributed by atoms with Crippen molar-refractivity contribution in [2.45, 2.75) is 42.5 Å². The summed E-state index contributed by atoms with van der Waals surface area (Å²) in [5.41, 5.74) is 3.81. The standard InChI is InChI=1S/C33H30ClN7O2S/c1-33(2,3)28-18-30(41(39-28)22-12-14-23(42)15-13-22)36-32(43)35-19-21-8-4-7-11-27(21)44-24-16-17-29-37-38-31(40(29)20-24)25-9-5-6-10-26(25)34/h4-18,20,42H,19H2,1-3H3,(H2,35,36,43). The van der Waals surface area contributed by atoms with E-state index in [-0.39, 0.29) is 17.2 Å². The van der Waals surface area contributed by atoms with Crippen LogP contribution < -0.4 is 10.6 Å². The monoisotopic (exact) mass is 623 g/mol. The van der Waals surface area contributed by atoms with Crippen molar-refractivity contribution in [3.05, 3.63) is 113 Å². The first-order valence-electron chi connectivity index (χ1n) is 14.0. The number of hydrogen-bond acceptors (Lipinski definition) is 6. The summed E-state index contributed by atoms with van der Waals surface area (Å²) in [6, 6.07) is 27.6. The molecule has 6 rings (SSSR count). The summed E-state index contributed by atoms with van der Waals surface area (Å²) in [6.07, 6.45) is 1.99. The molecule has 0 aliphatic heterocycles. The van der Waals surface area contributed by atoms with Gasteiger partial charge in [0.2, 0.25) is 0 Å². The van der Waals surface area contributed by atoms with Gasteiger partial charge in [-0.3, -0.25) is 9.72 Å². The predicted octanol–water partition coefficient (Wildman–Crippen LogP) is 7.71. The Balaban J connectivity index is 1.19. The van der Waals surface area contributed by atoms with Gasteiger partial charge in [-0.1, -0.05) is 74.5 Å². The van der Waals surface area contributed by atoms with Crippen molar-refractivity contribution in [2.24, 2.45) is 0 Å². The molecule has 0 atom stereocenters. The van der Waals surface area contributed by atoms with Crippen molar-refractivity contribution in [1.82, 2.24) is 29.7 Å². The molecule has 0 aliphatic carbocycles. The van der Waals surface area contributed by atoms with E-state index in [2.05, 4.69) is 41.6 Å². The average molecular weight is 624 g/mol. The number of phenols is 1. The summed E-state index contributed by atoms with van der Waals surface area (Å²) in [5.74, 6) is 1.35. The molecule has 0 saturated carbocycles. The minimum atomic E-state index is -0.361. The Labute approximate surface area is 263 Å². The first-order valence-corrected chi connectivity index (χ1v) is 15.2. The Morgan fingerprint density at radius 1 is 0.955 bits per heavy atom. The van der Waals surface area contributed by atoms with Crippen LogP contribution >= 0.6 is 23.4 Å². The third kappa shape index (κ3) is 6.27. The fraction of sp³-hybridized carbons (Fsp3) is 0.152. The van der Waals surface area contributed by atoms with Gasteiger partial charge in [-0.15, -0.1) is 10.2 Å². The molecule has 11 heteroatoms. The Morgan fingerprint density at radius 2 is 1.70 bits per heavy atom. The molecule has 9 nitrogen and oxygen atoms in total. The third-order valence-electron chi connectivity index (χ3n) is 6.94. The molecule has 3 N–H and O–H groups in total. The minimum absolute atomic E-state index is 0.156. The number of hydrogen-bond donors (Lipinski definition) is 3. The van der Waals surface area contributed by atoms with Crippen LogP contribution in [-0.2, 0) is 12.0 Å². The van der Waals surface area contributed by atoms with Gasteiger partial charge in [-0.2, -0.15) is 5.10 Å². The first-order chi connectivity index (χ1) is 21.2. The highest BCUT2D eigenvalue weighted by molar-refractivity contribution is 7.99. The van der Waals surface area contributed by atoms with Gasteiger partial charge >= 0.3 is 6.03 Å². The Hall–Kier alpha value is -4.80. The summed E-state index contributed by atoms with van der Waals surface area (Å²) in [5, 5.41) is 29.7. The van der Waals surface area contributed by atoms with Crippen LogP contribution in [0.3, 0.4) is 0 Å². The number of carbonyl (C=O) groups is 1. The fourth-order valence-electron chi connectivity index (χ4n) is 4.60. The molecule has 222 valence electrons. The molecule has 44 heavy (non-hydrogen) atoms. The van der Waals surface area contributed by atoms with E-state index in [0.717, 1.165) is 37.9 Å². The number of nitrogens with one attached hydrogen (secondary N) is 2. The predicted molar refractivity (Wildman–Crippen MR) is 174 cm³/mol. The quantitative estimate of drug-likeness (QED) is 0.168. The highest BCUT2D eigenvalue weighted by atomic mass is 35.5. The van der Waals surface area contributed by atoms with Gasteiger partial charge in [0.05, 0.1) is 16.4 Å². The lowest BCUT2D eigenvalue weighted by Gasteiger charge is -2.14. The van der Waals surface area contributed by atoms with E-state index in [9.17, 15) is 9.90 Å². The van der Waals surface area contributed by atoms with Gasteiger partial charge in [-0.05, 0) is 60.2 Å². The normalized spacial score (nSPS) is 11.5. The van der Waals surface area contributed by atoms with Crippen molar-refractivity contribution < 1.29 is 9.90 Å². The number of fused-ring (bicyclic) bond motifs is 1. The van der Waals surface area contributed by atoms with E-state index in [1.807, 2.05) is 77.3 Å². The summed E-state index contributed by atoms with van der Waals surface area (Å²) in [6.45, 7) is 6.50. The molecule has 3 aromatic heterocycles. The molecular formula is C33H30ClN7O2S. The Bertz CT molecular complexity index is 1960. The van der Waals surface area contributed by atoms with Gasteiger partial charge < -0.3 is 10.4 Å². The smallest absolute Gasteiger partial charge is 0.320 e. The molecule has 6 aromatic rings. The number of phenolic OH excluding ortho intramolecular Hbond substituents is 1. The van der Waals surface area contributed by atoms with Crippen LogP contribution in [0.4, 0.5) is 10.6 Å². The van der Waals surface area contributed by atoms with E-state index in [1.54, 1.807) is 40.7 Å². The first kappa shape index (κ1) is 29.3. The van der Waals surface area contributed by atoms with Crippen molar-refractivity contribution in [3.8, 4) is 22.8 Å². The van der Waals surface area contributed by atoms with Crippen LogP contribution in [0.15, 0.2) is 107 Å². The number of rotatable bonds is 7. The van der Waals surface area contributed by atoms with Gasteiger partial charge in [0.25, 0.3) is 0 Å². The van der Waals surface area contributed by atoms with Crippen LogP contribution in [0.5, 0.6) is 5.75 Å². The van der Waals surface area contributed by atoms with Crippen molar-refractivity contribution in [2.75, 3.05) is 5.32 Å². The summed E-state index contributed by atoms with van der Waals surface area (Å²) >= 11 is 8.03. The summed E-state index contributed by atoms with van der Waals surface area (Å²) in [7, 11) is 0. The number of halogens is 1. The Morgan fingerprint density at radius 3 is 2.48 bits per heavy atom. The second-order valence-corrected chi connectivity index (χ2v) is 12.7. The van der Waals surface area contributed by atoms with Crippen LogP contribution in [-0.4, -0.2) is 35.5 Å². The lowest BCUT2D eigenvalue weighted by atomic mass is 9.92. The molecule has 0 radical (unpaired) electrons. The zero-order chi connectivity index (χ0) is 30.8. The van der Waals surface area contributed by atoms with Gasteiger partial charge in [0, 0.05) is 39.6 Å². The molecular weight excluding hydrogens is 594 g/mol. The third-order valence-corrected chi connectivity index (χ3v) is 8.37. The minimum Gasteiger partial charge on any atom is -0.508 e.